The van der Waals surface area contributed by atoms with Gasteiger partial charge >= 0.3 is 0 Å². The predicted octanol–water partition coefficient (Wildman–Crippen LogP) is 3.34. The van der Waals surface area contributed by atoms with Gasteiger partial charge in [-0.2, -0.15) is 0 Å². The number of benzene rings is 3. The van der Waals surface area contributed by atoms with Crippen molar-refractivity contribution < 1.29 is 13.2 Å². The maximum atomic E-state index is 12.7. The third kappa shape index (κ3) is 4.56. The van der Waals surface area contributed by atoms with Crippen LogP contribution in [0.25, 0.3) is 11.1 Å². The first kappa shape index (κ1) is 21.7. The van der Waals surface area contributed by atoms with E-state index in [1.165, 1.54) is 6.07 Å². The first-order valence-electron chi connectivity index (χ1n) is 10.1. The quantitative estimate of drug-likeness (QED) is 0.339. The second kappa shape index (κ2) is 8.22. The van der Waals surface area contributed by atoms with Crippen LogP contribution < -0.4 is 16.2 Å². The van der Waals surface area contributed by atoms with Crippen molar-refractivity contribution in [3.8, 4) is 11.1 Å². The van der Waals surface area contributed by atoms with E-state index in [1.54, 1.807) is 42.5 Å². The molecule has 32 heavy (non-hydrogen) atoms. The van der Waals surface area contributed by atoms with E-state index in [9.17, 15) is 13.2 Å². The molecule has 6 N–H and O–H groups in total. The van der Waals surface area contributed by atoms with E-state index < -0.39 is 10.0 Å². The number of rotatable bonds is 6. The van der Waals surface area contributed by atoms with Crippen molar-refractivity contribution in [2.75, 3.05) is 5.32 Å². The highest BCUT2D eigenvalue weighted by Crippen LogP contribution is 2.48. The average Bonchev–Trinajstić information content (AvgIpc) is 3.54. The molecule has 3 aromatic carbocycles. The Kier molecular flexibility index (Phi) is 5.58. The van der Waals surface area contributed by atoms with E-state index in [0.29, 0.717) is 22.4 Å². The number of amidine groups is 1. The maximum absolute atomic E-state index is 12.7. The number of sulfonamides is 1. The minimum Gasteiger partial charge on any atom is -0.384 e. The zero-order valence-electron chi connectivity index (χ0n) is 17.5. The Balaban J connectivity index is 1.48. The molecule has 2 atom stereocenters. The lowest BCUT2D eigenvalue weighted by Crippen LogP contribution is -2.15. The Morgan fingerprint density at radius 1 is 1.06 bits per heavy atom. The molecule has 0 saturated heterocycles. The first-order valence-corrected chi connectivity index (χ1v) is 11.7. The molecule has 0 heterocycles. The summed E-state index contributed by atoms with van der Waals surface area (Å²) in [6.07, 6.45) is 0.742. The molecule has 1 aliphatic rings. The molecule has 7 nitrogen and oxygen atoms in total. The van der Waals surface area contributed by atoms with Crippen LogP contribution in [-0.2, 0) is 14.8 Å². The molecule has 1 saturated carbocycles. The minimum atomic E-state index is -3.86. The number of amides is 1. The molecule has 4 rings (SSSR count). The average molecular weight is 449 g/mol. The number of hydrogen-bond donors (Lipinski definition) is 4. The number of nitrogens with two attached hydrogens (primary N) is 2. The SMILES string of the molecule is Cc1ccc(S(N)(=O)=O)c(-c2ccc(NC(=O)[C@H]3C[C@H]3c3cccc(C(=N)N)c3)cc2)c1. The molecule has 8 heteroatoms. The molecule has 1 fully saturated rings. The lowest BCUT2D eigenvalue weighted by molar-refractivity contribution is -0.117. The number of primary sulfonamides is 1. The molecule has 1 amide bonds. The minimum absolute atomic E-state index is 0.00722. The third-order valence-electron chi connectivity index (χ3n) is 5.66. The Hall–Kier alpha value is -3.49. The van der Waals surface area contributed by atoms with Gasteiger partial charge in [-0.3, -0.25) is 10.2 Å². The lowest BCUT2D eigenvalue weighted by Gasteiger charge is -2.11. The van der Waals surface area contributed by atoms with Gasteiger partial charge in [0.15, 0.2) is 0 Å². The second-order valence-electron chi connectivity index (χ2n) is 8.10. The summed E-state index contributed by atoms with van der Waals surface area (Å²) in [5, 5.41) is 15.9. The Bertz CT molecular complexity index is 1320. The number of anilines is 1. The number of carbonyl (C=O) groups is 1. The number of nitrogen functional groups attached to an aromatic ring is 1. The highest BCUT2D eigenvalue weighted by Gasteiger charge is 2.44. The molecule has 0 aliphatic heterocycles. The van der Waals surface area contributed by atoms with Gasteiger partial charge in [-0.15, -0.1) is 0 Å². The molecule has 0 spiro atoms. The molecule has 1 aliphatic carbocycles. The smallest absolute Gasteiger partial charge is 0.238 e. The van der Waals surface area contributed by atoms with E-state index in [2.05, 4.69) is 5.32 Å². The maximum Gasteiger partial charge on any atom is 0.238 e. The van der Waals surface area contributed by atoms with Gasteiger partial charge in [0.25, 0.3) is 0 Å². The van der Waals surface area contributed by atoms with Gasteiger partial charge in [-0.25, -0.2) is 13.6 Å². The van der Waals surface area contributed by atoms with Crippen molar-refractivity contribution in [3.63, 3.8) is 0 Å². The zero-order valence-corrected chi connectivity index (χ0v) is 18.3. The van der Waals surface area contributed by atoms with E-state index >= 15 is 0 Å². The Labute approximate surface area is 187 Å². The van der Waals surface area contributed by atoms with Crippen molar-refractivity contribution in [2.45, 2.75) is 24.2 Å². The highest BCUT2D eigenvalue weighted by atomic mass is 32.2. The summed E-state index contributed by atoms with van der Waals surface area (Å²) in [7, 11) is -3.86. The van der Waals surface area contributed by atoms with Crippen molar-refractivity contribution >= 4 is 27.5 Å². The van der Waals surface area contributed by atoms with E-state index in [4.69, 9.17) is 16.3 Å². The number of carbonyl (C=O) groups excluding carboxylic acids is 1. The monoisotopic (exact) mass is 448 g/mol. The first-order chi connectivity index (χ1) is 15.1. The van der Waals surface area contributed by atoms with Crippen molar-refractivity contribution in [2.24, 2.45) is 16.8 Å². The normalized spacial score (nSPS) is 17.6. The largest absolute Gasteiger partial charge is 0.384 e. The fourth-order valence-electron chi connectivity index (χ4n) is 3.88. The van der Waals surface area contributed by atoms with Crippen molar-refractivity contribution in [3.05, 3.63) is 83.4 Å². The van der Waals surface area contributed by atoms with Gasteiger partial charge < -0.3 is 11.1 Å². The van der Waals surface area contributed by atoms with Crippen molar-refractivity contribution in [1.29, 1.82) is 5.41 Å². The van der Waals surface area contributed by atoms with Gasteiger partial charge in [0.2, 0.25) is 15.9 Å². The van der Waals surface area contributed by atoms with Gasteiger partial charge in [-0.05, 0) is 54.7 Å². The third-order valence-corrected chi connectivity index (χ3v) is 6.63. The van der Waals surface area contributed by atoms with Crippen molar-refractivity contribution in [1.82, 2.24) is 0 Å². The summed E-state index contributed by atoms with van der Waals surface area (Å²) < 4.78 is 23.9. The molecule has 0 unspecified atom stereocenters. The molecule has 0 aromatic heterocycles. The Morgan fingerprint density at radius 3 is 2.44 bits per heavy atom. The van der Waals surface area contributed by atoms with E-state index in [0.717, 1.165) is 17.5 Å². The lowest BCUT2D eigenvalue weighted by atomic mass is 10.0. The van der Waals surface area contributed by atoms with Crippen LogP contribution in [0.15, 0.2) is 71.6 Å². The molecular formula is C24H24N4O3S. The topological polar surface area (TPSA) is 139 Å². The standard InChI is InChI=1S/C24H24N4O3S/c1-14-5-10-22(32(27,30)31)20(11-14)15-6-8-18(9-7-15)28-24(29)21-13-19(21)16-3-2-4-17(12-16)23(25)26/h2-12,19,21H,13H2,1H3,(H3,25,26)(H,28,29)(H2,27,30,31)/t19-,21-/m0/s1. The van der Waals surface area contributed by atoms with Crippen LogP contribution in [-0.4, -0.2) is 20.2 Å². The molecule has 3 aromatic rings. The van der Waals surface area contributed by atoms with Crippen LogP contribution in [0.3, 0.4) is 0 Å². The van der Waals surface area contributed by atoms with Gasteiger partial charge in [0, 0.05) is 22.7 Å². The number of nitrogens with one attached hydrogen (secondary N) is 2. The van der Waals surface area contributed by atoms with E-state index in [1.807, 2.05) is 25.1 Å². The molecular weight excluding hydrogens is 424 g/mol. The van der Waals surface area contributed by atoms with Crippen LogP contribution >= 0.6 is 0 Å². The summed E-state index contributed by atoms with van der Waals surface area (Å²) in [6.45, 7) is 1.88. The Morgan fingerprint density at radius 2 is 1.78 bits per heavy atom. The van der Waals surface area contributed by atoms with Crippen LogP contribution in [0, 0.1) is 18.3 Å². The zero-order chi connectivity index (χ0) is 23.0. The summed E-state index contributed by atoms with van der Waals surface area (Å²) in [6, 6.07) is 19.4. The van der Waals surface area contributed by atoms with Crippen LogP contribution in [0.2, 0.25) is 0 Å². The van der Waals surface area contributed by atoms with Crippen LogP contribution in [0.4, 0.5) is 5.69 Å². The number of hydrogen-bond acceptors (Lipinski definition) is 4. The predicted molar refractivity (Wildman–Crippen MR) is 125 cm³/mol. The highest BCUT2D eigenvalue weighted by molar-refractivity contribution is 7.89. The number of aryl methyl sites for hydroxylation is 1. The van der Waals surface area contributed by atoms with Gasteiger partial charge in [0.05, 0.1) is 4.90 Å². The fraction of sp³-hybridized carbons (Fsp3) is 0.167. The van der Waals surface area contributed by atoms with E-state index in [-0.39, 0.29) is 28.5 Å². The summed E-state index contributed by atoms with van der Waals surface area (Å²) in [5.41, 5.74) is 9.98. The molecule has 0 radical (unpaired) electrons. The van der Waals surface area contributed by atoms with Gasteiger partial charge in [-0.1, -0.05) is 48.0 Å². The van der Waals surface area contributed by atoms with Gasteiger partial charge in [0.1, 0.15) is 5.84 Å². The molecule has 164 valence electrons. The summed E-state index contributed by atoms with van der Waals surface area (Å²) in [5.74, 6) is -0.0922. The summed E-state index contributed by atoms with van der Waals surface area (Å²) >= 11 is 0. The summed E-state index contributed by atoms with van der Waals surface area (Å²) in [4.78, 5) is 12.8. The fourth-order valence-corrected chi connectivity index (χ4v) is 4.62. The van der Waals surface area contributed by atoms with Crippen LogP contribution in [0.5, 0.6) is 0 Å². The second-order valence-corrected chi connectivity index (χ2v) is 9.63. The molecule has 0 bridgehead atoms. The van der Waals surface area contributed by atoms with Crippen LogP contribution in [0.1, 0.15) is 29.0 Å².